The second-order valence-corrected chi connectivity index (χ2v) is 9.94. The van der Waals surface area contributed by atoms with Gasteiger partial charge in [0.05, 0.1) is 19.2 Å². The number of H-pyrrole nitrogens is 1. The zero-order valence-electron chi connectivity index (χ0n) is 20.6. The van der Waals surface area contributed by atoms with E-state index >= 15 is 0 Å². The van der Waals surface area contributed by atoms with E-state index in [4.69, 9.17) is 4.74 Å². The van der Waals surface area contributed by atoms with Gasteiger partial charge in [-0.15, -0.1) is 0 Å². The van der Waals surface area contributed by atoms with Crippen LogP contribution in [0.5, 0.6) is 5.75 Å². The van der Waals surface area contributed by atoms with Crippen LogP contribution in [0.15, 0.2) is 83.3 Å². The van der Waals surface area contributed by atoms with Crippen LogP contribution in [0.3, 0.4) is 0 Å². The molecule has 188 valence electrons. The van der Waals surface area contributed by atoms with Gasteiger partial charge in [0.2, 0.25) is 11.8 Å². The van der Waals surface area contributed by atoms with Crippen LogP contribution >= 0.6 is 15.9 Å². The molecule has 7 heteroatoms. The highest BCUT2D eigenvalue weighted by Gasteiger charge is 2.25. The second-order valence-electron chi connectivity index (χ2n) is 9.02. The van der Waals surface area contributed by atoms with Crippen molar-refractivity contribution in [3.8, 4) is 17.0 Å². The lowest BCUT2D eigenvalue weighted by molar-refractivity contribution is -0.136. The van der Waals surface area contributed by atoms with Crippen LogP contribution < -0.4 is 4.74 Å². The Kier molecular flexibility index (Phi) is 7.42. The van der Waals surface area contributed by atoms with Gasteiger partial charge in [-0.05, 0) is 53.1 Å². The van der Waals surface area contributed by atoms with Gasteiger partial charge in [-0.1, -0.05) is 58.4 Å². The Morgan fingerprint density at radius 1 is 0.946 bits per heavy atom. The monoisotopic (exact) mass is 557 g/mol. The standard InChI is InChI=1S/C30H28BrN3O3/c1-37-24-11-7-21(8-12-24)9-14-28(35)33-15-17-34(18-16-33)29(36)20-26-25-19-23(31)10-13-27(25)32-30(26)22-5-3-2-4-6-22/h2-14,19,32H,15-18,20H2,1H3/b14-9+. The van der Waals surface area contributed by atoms with E-state index in [1.807, 2.05) is 59.5 Å². The molecule has 0 unspecified atom stereocenters. The van der Waals surface area contributed by atoms with Crippen molar-refractivity contribution in [3.63, 3.8) is 0 Å². The van der Waals surface area contributed by atoms with Crippen molar-refractivity contribution >= 4 is 44.7 Å². The molecule has 0 spiro atoms. The number of fused-ring (bicyclic) bond motifs is 1. The van der Waals surface area contributed by atoms with Crippen LogP contribution in [0.25, 0.3) is 28.2 Å². The Balaban J connectivity index is 1.25. The van der Waals surface area contributed by atoms with Gasteiger partial charge in [-0.3, -0.25) is 9.59 Å². The van der Waals surface area contributed by atoms with Gasteiger partial charge < -0.3 is 19.5 Å². The summed E-state index contributed by atoms with van der Waals surface area (Å²) in [4.78, 5) is 33.3. The van der Waals surface area contributed by atoms with Crippen LogP contribution in [0.1, 0.15) is 11.1 Å². The minimum Gasteiger partial charge on any atom is -0.497 e. The SMILES string of the molecule is COc1ccc(/C=C/C(=O)N2CCN(C(=O)Cc3c(-c4ccccc4)[nH]c4ccc(Br)cc34)CC2)cc1. The summed E-state index contributed by atoms with van der Waals surface area (Å²) in [7, 11) is 1.63. The number of hydrogen-bond acceptors (Lipinski definition) is 3. The van der Waals surface area contributed by atoms with Gasteiger partial charge in [0.15, 0.2) is 0 Å². The number of carbonyl (C=O) groups excluding carboxylic acids is 2. The number of nitrogens with zero attached hydrogens (tertiary/aromatic N) is 2. The summed E-state index contributed by atoms with van der Waals surface area (Å²) in [6.45, 7) is 2.08. The lowest BCUT2D eigenvalue weighted by Crippen LogP contribution is -2.50. The third-order valence-electron chi connectivity index (χ3n) is 6.74. The van der Waals surface area contributed by atoms with Crippen molar-refractivity contribution in [2.24, 2.45) is 0 Å². The number of halogens is 1. The summed E-state index contributed by atoms with van der Waals surface area (Å²) < 4.78 is 6.15. The average Bonchev–Trinajstić information content (AvgIpc) is 3.29. The molecule has 2 amide bonds. The highest BCUT2D eigenvalue weighted by Crippen LogP contribution is 2.33. The number of rotatable bonds is 6. The minimum atomic E-state index is -0.0456. The van der Waals surface area contributed by atoms with Gasteiger partial charge in [0.1, 0.15) is 5.75 Å². The Morgan fingerprint density at radius 3 is 2.35 bits per heavy atom. The predicted molar refractivity (Wildman–Crippen MR) is 150 cm³/mol. The smallest absolute Gasteiger partial charge is 0.246 e. The number of hydrogen-bond donors (Lipinski definition) is 1. The zero-order valence-corrected chi connectivity index (χ0v) is 22.2. The number of piperazine rings is 1. The first kappa shape index (κ1) is 24.8. The number of nitrogens with one attached hydrogen (secondary N) is 1. The third kappa shape index (κ3) is 5.62. The van der Waals surface area contributed by atoms with Crippen LogP contribution in [0.4, 0.5) is 0 Å². The molecule has 6 nitrogen and oxygen atoms in total. The van der Waals surface area contributed by atoms with Crippen LogP contribution in [-0.4, -0.2) is 59.9 Å². The van der Waals surface area contributed by atoms with Gasteiger partial charge in [0.25, 0.3) is 0 Å². The molecular formula is C30H28BrN3O3. The molecule has 1 aliphatic rings. The molecule has 3 aromatic carbocycles. The molecule has 0 saturated carbocycles. The number of carbonyl (C=O) groups is 2. The molecule has 2 heterocycles. The number of benzene rings is 3. The van der Waals surface area contributed by atoms with E-state index in [-0.39, 0.29) is 11.8 Å². The first-order chi connectivity index (χ1) is 18.0. The third-order valence-corrected chi connectivity index (χ3v) is 7.23. The quantitative estimate of drug-likeness (QED) is 0.317. The summed E-state index contributed by atoms with van der Waals surface area (Å²) >= 11 is 3.57. The topological polar surface area (TPSA) is 65.6 Å². The summed E-state index contributed by atoms with van der Waals surface area (Å²) in [5.74, 6) is 0.801. The summed E-state index contributed by atoms with van der Waals surface area (Å²) in [5, 5.41) is 1.04. The molecule has 0 radical (unpaired) electrons. The zero-order chi connectivity index (χ0) is 25.8. The fraction of sp³-hybridized carbons (Fsp3) is 0.200. The fourth-order valence-electron chi connectivity index (χ4n) is 4.68. The van der Waals surface area contributed by atoms with Crippen molar-refractivity contribution in [3.05, 3.63) is 94.5 Å². The Morgan fingerprint density at radius 2 is 1.65 bits per heavy atom. The van der Waals surface area contributed by atoms with Crippen molar-refractivity contribution in [2.75, 3.05) is 33.3 Å². The van der Waals surface area contributed by atoms with E-state index < -0.39 is 0 Å². The van der Waals surface area contributed by atoms with Crippen molar-refractivity contribution in [2.45, 2.75) is 6.42 Å². The molecule has 1 fully saturated rings. The van der Waals surface area contributed by atoms with Crippen LogP contribution in [0, 0.1) is 0 Å². The van der Waals surface area contributed by atoms with E-state index in [2.05, 4.69) is 39.1 Å². The molecule has 0 atom stereocenters. The molecule has 0 bridgehead atoms. The molecule has 5 rings (SSSR count). The van der Waals surface area contributed by atoms with E-state index in [0.717, 1.165) is 43.5 Å². The second kappa shape index (κ2) is 11.0. The highest BCUT2D eigenvalue weighted by atomic mass is 79.9. The summed E-state index contributed by atoms with van der Waals surface area (Å²) in [5.41, 5.74) is 4.95. The Labute approximate surface area is 224 Å². The molecule has 0 aliphatic carbocycles. The minimum absolute atomic E-state index is 0.0456. The number of aromatic amines is 1. The Bertz CT molecular complexity index is 1440. The van der Waals surface area contributed by atoms with E-state index in [1.165, 1.54) is 0 Å². The molecule has 1 aliphatic heterocycles. The van der Waals surface area contributed by atoms with Crippen LogP contribution in [0.2, 0.25) is 0 Å². The predicted octanol–water partition coefficient (Wildman–Crippen LogP) is 5.53. The van der Waals surface area contributed by atoms with Gasteiger partial charge in [0, 0.05) is 47.6 Å². The van der Waals surface area contributed by atoms with Crippen molar-refractivity contribution in [1.29, 1.82) is 0 Å². The average molecular weight is 558 g/mol. The van der Waals surface area contributed by atoms with Gasteiger partial charge in [-0.2, -0.15) is 0 Å². The van der Waals surface area contributed by atoms with Gasteiger partial charge in [-0.25, -0.2) is 0 Å². The fourth-order valence-corrected chi connectivity index (χ4v) is 5.04. The lowest BCUT2D eigenvalue weighted by atomic mass is 10.0. The summed E-state index contributed by atoms with van der Waals surface area (Å²) in [6.07, 6.45) is 3.70. The molecule has 1 N–H and O–H groups in total. The van der Waals surface area contributed by atoms with Crippen LogP contribution in [-0.2, 0) is 16.0 Å². The first-order valence-corrected chi connectivity index (χ1v) is 13.1. The number of ether oxygens (including phenoxy) is 1. The highest BCUT2D eigenvalue weighted by molar-refractivity contribution is 9.10. The first-order valence-electron chi connectivity index (χ1n) is 12.3. The Hall–Kier alpha value is -3.84. The number of amides is 2. The van der Waals surface area contributed by atoms with E-state index in [0.29, 0.717) is 32.6 Å². The normalized spacial score (nSPS) is 13.9. The van der Waals surface area contributed by atoms with Gasteiger partial charge >= 0.3 is 0 Å². The molecule has 37 heavy (non-hydrogen) atoms. The van der Waals surface area contributed by atoms with E-state index in [1.54, 1.807) is 24.2 Å². The van der Waals surface area contributed by atoms with Crippen molar-refractivity contribution in [1.82, 2.24) is 14.8 Å². The van der Waals surface area contributed by atoms with E-state index in [9.17, 15) is 9.59 Å². The summed E-state index contributed by atoms with van der Waals surface area (Å²) in [6, 6.07) is 23.7. The molecular weight excluding hydrogens is 530 g/mol. The maximum absolute atomic E-state index is 13.4. The van der Waals surface area contributed by atoms with Crippen molar-refractivity contribution < 1.29 is 14.3 Å². The largest absolute Gasteiger partial charge is 0.497 e. The number of aromatic nitrogens is 1. The molecule has 1 aromatic heterocycles. The molecule has 1 saturated heterocycles. The number of methoxy groups -OCH3 is 1. The lowest BCUT2D eigenvalue weighted by Gasteiger charge is -2.34. The maximum atomic E-state index is 13.4. The maximum Gasteiger partial charge on any atom is 0.246 e. The molecule has 4 aromatic rings.